The minimum absolute atomic E-state index is 0.0529. The summed E-state index contributed by atoms with van der Waals surface area (Å²) in [5, 5.41) is 7.08. The maximum Gasteiger partial charge on any atom is 0.253 e. The van der Waals surface area contributed by atoms with E-state index < -0.39 is 0 Å². The molecule has 2 N–H and O–H groups in total. The third-order valence-electron chi connectivity index (χ3n) is 5.06. The summed E-state index contributed by atoms with van der Waals surface area (Å²) in [6.45, 7) is 8.56. The summed E-state index contributed by atoms with van der Waals surface area (Å²) in [6, 6.07) is 7.93. The molecule has 2 heterocycles. The van der Waals surface area contributed by atoms with Crippen LogP contribution in [0, 0.1) is 0 Å². The Kier molecular flexibility index (Phi) is 8.03. The van der Waals surface area contributed by atoms with Crippen molar-refractivity contribution in [1.82, 2.24) is 10.2 Å². The molecule has 0 saturated carbocycles. The van der Waals surface area contributed by atoms with Gasteiger partial charge in [-0.2, -0.15) is 11.8 Å². The SMILES string of the molecule is CCNC(=NCc1cccc(NC(=O)C2CCCO2)c1)N1CCSC(CC)C1. The van der Waals surface area contributed by atoms with Crippen LogP contribution < -0.4 is 10.6 Å². The predicted octanol–water partition coefficient (Wildman–Crippen LogP) is 3.10. The number of carbonyl (C=O) groups is 1. The van der Waals surface area contributed by atoms with E-state index in [-0.39, 0.29) is 12.0 Å². The van der Waals surface area contributed by atoms with Crippen molar-refractivity contribution >= 4 is 29.3 Å². The van der Waals surface area contributed by atoms with Gasteiger partial charge in [0.15, 0.2) is 5.96 Å². The van der Waals surface area contributed by atoms with Gasteiger partial charge in [-0.1, -0.05) is 19.1 Å². The number of anilines is 1. The highest BCUT2D eigenvalue weighted by Gasteiger charge is 2.24. The average Bonchev–Trinajstić information content (AvgIpc) is 3.26. The van der Waals surface area contributed by atoms with Crippen LogP contribution in [0.4, 0.5) is 5.69 Å². The number of amides is 1. The van der Waals surface area contributed by atoms with Crippen molar-refractivity contribution in [3.8, 4) is 0 Å². The highest BCUT2D eigenvalue weighted by Crippen LogP contribution is 2.21. The molecule has 3 rings (SSSR count). The van der Waals surface area contributed by atoms with Gasteiger partial charge < -0.3 is 20.3 Å². The monoisotopic (exact) mass is 404 g/mol. The third kappa shape index (κ3) is 5.88. The number of nitrogens with zero attached hydrogens (tertiary/aromatic N) is 2. The summed E-state index contributed by atoms with van der Waals surface area (Å²) < 4.78 is 5.46. The fourth-order valence-electron chi connectivity index (χ4n) is 3.51. The molecule has 0 bridgehead atoms. The second-order valence-electron chi connectivity index (χ2n) is 7.21. The van der Waals surface area contributed by atoms with Crippen LogP contribution in [0.5, 0.6) is 0 Å². The largest absolute Gasteiger partial charge is 0.368 e. The molecule has 6 nitrogen and oxygen atoms in total. The van der Waals surface area contributed by atoms with Gasteiger partial charge in [-0.05, 0) is 43.9 Å². The van der Waals surface area contributed by atoms with E-state index in [1.165, 1.54) is 6.42 Å². The molecule has 1 aromatic carbocycles. The lowest BCUT2D eigenvalue weighted by molar-refractivity contribution is -0.124. The molecule has 7 heteroatoms. The molecule has 2 atom stereocenters. The molecule has 154 valence electrons. The van der Waals surface area contributed by atoms with E-state index in [9.17, 15) is 4.79 Å². The highest BCUT2D eigenvalue weighted by atomic mass is 32.2. The number of nitrogens with one attached hydrogen (secondary N) is 2. The van der Waals surface area contributed by atoms with Crippen LogP contribution in [0.15, 0.2) is 29.3 Å². The van der Waals surface area contributed by atoms with Crippen LogP contribution in [0.2, 0.25) is 0 Å². The first-order chi connectivity index (χ1) is 13.7. The van der Waals surface area contributed by atoms with Crippen LogP contribution in [0.3, 0.4) is 0 Å². The lowest BCUT2D eigenvalue weighted by Gasteiger charge is -2.34. The van der Waals surface area contributed by atoms with Crippen LogP contribution >= 0.6 is 11.8 Å². The van der Waals surface area contributed by atoms with Crippen molar-refractivity contribution in [2.45, 2.75) is 51.0 Å². The van der Waals surface area contributed by atoms with Gasteiger partial charge in [0, 0.05) is 42.9 Å². The summed E-state index contributed by atoms with van der Waals surface area (Å²) in [7, 11) is 0. The number of benzene rings is 1. The van der Waals surface area contributed by atoms with Gasteiger partial charge in [0.2, 0.25) is 0 Å². The molecule has 0 aromatic heterocycles. The molecule has 0 spiro atoms. The Labute approximate surface area is 172 Å². The quantitative estimate of drug-likeness (QED) is 0.563. The van der Waals surface area contributed by atoms with Crippen molar-refractivity contribution in [3.63, 3.8) is 0 Å². The number of hydrogen-bond donors (Lipinski definition) is 2. The summed E-state index contributed by atoms with van der Waals surface area (Å²) in [5.74, 6) is 2.08. The summed E-state index contributed by atoms with van der Waals surface area (Å²) in [5.41, 5.74) is 1.89. The maximum atomic E-state index is 12.3. The highest BCUT2D eigenvalue weighted by molar-refractivity contribution is 8.00. The van der Waals surface area contributed by atoms with Gasteiger partial charge in [-0.3, -0.25) is 4.79 Å². The molecule has 2 aliphatic heterocycles. The molecule has 2 aliphatic rings. The van der Waals surface area contributed by atoms with Crippen molar-refractivity contribution in [1.29, 1.82) is 0 Å². The average molecular weight is 405 g/mol. The summed E-state index contributed by atoms with van der Waals surface area (Å²) >= 11 is 2.06. The first kappa shape index (κ1) is 21.0. The molecular formula is C21H32N4O2S. The lowest BCUT2D eigenvalue weighted by atomic mass is 10.2. The molecule has 28 heavy (non-hydrogen) atoms. The Morgan fingerprint density at radius 2 is 2.29 bits per heavy atom. The first-order valence-electron chi connectivity index (χ1n) is 10.4. The summed E-state index contributed by atoms with van der Waals surface area (Å²) in [6.07, 6.45) is 2.63. The van der Waals surface area contributed by atoms with Crippen molar-refractivity contribution < 1.29 is 9.53 Å². The maximum absolute atomic E-state index is 12.3. The Bertz CT molecular complexity index is 676. The van der Waals surface area contributed by atoms with Gasteiger partial charge >= 0.3 is 0 Å². The zero-order valence-electron chi connectivity index (χ0n) is 16.9. The molecule has 1 aromatic rings. The number of rotatable bonds is 6. The van der Waals surface area contributed by atoms with Crippen LogP contribution in [-0.2, 0) is 16.1 Å². The summed E-state index contributed by atoms with van der Waals surface area (Å²) in [4.78, 5) is 19.5. The second kappa shape index (κ2) is 10.7. The standard InChI is InChI=1S/C21H32N4O2S/c1-3-18-15-25(10-12-28-18)21(22-4-2)23-14-16-7-5-8-17(13-16)24-20(26)19-9-6-11-27-19/h5,7-8,13,18-19H,3-4,6,9-12,14-15H2,1-2H3,(H,22,23)(H,24,26). The Morgan fingerprint density at radius 3 is 3.04 bits per heavy atom. The number of aliphatic imine (C=N–C) groups is 1. The fourth-order valence-corrected chi connectivity index (χ4v) is 4.69. The molecule has 2 unspecified atom stereocenters. The van der Waals surface area contributed by atoms with Gasteiger partial charge in [-0.15, -0.1) is 0 Å². The Hall–Kier alpha value is -1.73. The number of carbonyl (C=O) groups excluding carboxylic acids is 1. The number of guanidine groups is 1. The molecule has 2 saturated heterocycles. The van der Waals surface area contributed by atoms with Gasteiger partial charge in [0.1, 0.15) is 6.10 Å². The Morgan fingerprint density at radius 1 is 1.39 bits per heavy atom. The van der Waals surface area contributed by atoms with E-state index >= 15 is 0 Å². The number of thioether (sulfide) groups is 1. The number of ether oxygens (including phenoxy) is 1. The van der Waals surface area contributed by atoms with Gasteiger partial charge in [-0.25, -0.2) is 4.99 Å². The van der Waals surface area contributed by atoms with Crippen molar-refractivity contribution in [3.05, 3.63) is 29.8 Å². The molecule has 1 amide bonds. The topological polar surface area (TPSA) is 66.0 Å². The van der Waals surface area contributed by atoms with Crippen LogP contribution in [0.25, 0.3) is 0 Å². The van der Waals surface area contributed by atoms with E-state index in [0.29, 0.717) is 18.4 Å². The van der Waals surface area contributed by atoms with E-state index in [4.69, 9.17) is 9.73 Å². The molecule has 2 fully saturated rings. The van der Waals surface area contributed by atoms with E-state index in [1.54, 1.807) is 0 Å². The molecule has 0 aliphatic carbocycles. The minimum Gasteiger partial charge on any atom is -0.368 e. The van der Waals surface area contributed by atoms with Crippen LogP contribution in [0.1, 0.15) is 38.7 Å². The fraction of sp³-hybridized carbons (Fsp3) is 0.619. The van der Waals surface area contributed by atoms with Crippen LogP contribution in [-0.4, -0.2) is 60.1 Å². The lowest BCUT2D eigenvalue weighted by Crippen LogP contribution is -2.48. The zero-order valence-corrected chi connectivity index (χ0v) is 17.8. The predicted molar refractivity (Wildman–Crippen MR) is 117 cm³/mol. The zero-order chi connectivity index (χ0) is 19.8. The minimum atomic E-state index is -0.314. The van der Waals surface area contributed by atoms with E-state index in [1.807, 2.05) is 18.2 Å². The van der Waals surface area contributed by atoms with E-state index in [2.05, 4.69) is 47.2 Å². The Balaban J connectivity index is 1.63. The molecular weight excluding hydrogens is 372 g/mol. The normalized spacial score (nSPS) is 22.9. The van der Waals surface area contributed by atoms with E-state index in [0.717, 1.165) is 55.4 Å². The smallest absolute Gasteiger partial charge is 0.253 e. The first-order valence-corrected chi connectivity index (χ1v) is 11.4. The third-order valence-corrected chi connectivity index (χ3v) is 6.43. The van der Waals surface area contributed by atoms with Crippen molar-refractivity contribution in [2.75, 3.05) is 37.3 Å². The van der Waals surface area contributed by atoms with Gasteiger partial charge in [0.05, 0.1) is 6.54 Å². The molecule has 0 radical (unpaired) electrons. The second-order valence-corrected chi connectivity index (χ2v) is 8.62. The number of hydrogen-bond acceptors (Lipinski definition) is 4. The van der Waals surface area contributed by atoms with Crippen molar-refractivity contribution in [2.24, 2.45) is 4.99 Å². The van der Waals surface area contributed by atoms with Gasteiger partial charge in [0.25, 0.3) is 5.91 Å².